The van der Waals surface area contributed by atoms with E-state index in [-0.39, 0.29) is 11.9 Å². The number of carbonyl (C=O) groups is 1. The lowest BCUT2D eigenvalue weighted by Crippen LogP contribution is -2.57. The predicted octanol–water partition coefficient (Wildman–Crippen LogP) is -0.200. The summed E-state index contributed by atoms with van der Waals surface area (Å²) in [6.07, 6.45) is 2.28. The second-order valence-corrected chi connectivity index (χ2v) is 7.18. The van der Waals surface area contributed by atoms with Gasteiger partial charge in [0.05, 0.1) is 4.70 Å². The van der Waals surface area contributed by atoms with Crippen LogP contribution in [0.2, 0.25) is 0 Å². The first-order chi connectivity index (χ1) is 11.1. The van der Waals surface area contributed by atoms with Crippen LogP contribution in [0.5, 0.6) is 0 Å². The number of hydrogen-bond donors (Lipinski definition) is 3. The number of amides is 1. The van der Waals surface area contributed by atoms with E-state index in [1.54, 1.807) is 18.2 Å². The summed E-state index contributed by atoms with van der Waals surface area (Å²) in [5.74, 6) is 0.392. The first kappa shape index (κ1) is 15.1. The summed E-state index contributed by atoms with van der Waals surface area (Å²) in [6, 6.07) is 5.23. The second kappa shape index (κ2) is 5.87. The Balaban J connectivity index is 1.58. The van der Waals surface area contributed by atoms with Crippen LogP contribution in [0.25, 0.3) is 10.1 Å². The van der Waals surface area contributed by atoms with Crippen molar-refractivity contribution in [1.82, 2.24) is 14.6 Å². The summed E-state index contributed by atoms with van der Waals surface area (Å²) in [4.78, 5) is 15.0. The van der Waals surface area contributed by atoms with E-state index >= 15 is 0 Å². The standard InChI is InChI=1S/C15H18BN3O3S/c20-15(17-12-8-19-5-3-9(12)4-6-19)14-11-7-10(16(21)22)1-2-13(11)23-18-14/h1-2,7,9,12,21-22H,3-6,8H2,(H,17,20)/t12-/m1/s1. The molecular formula is C15H18BN3O3S. The molecule has 3 saturated heterocycles. The Morgan fingerprint density at radius 1 is 1.35 bits per heavy atom. The maximum Gasteiger partial charge on any atom is 0.488 e. The van der Waals surface area contributed by atoms with Gasteiger partial charge in [-0.15, -0.1) is 0 Å². The van der Waals surface area contributed by atoms with Crippen molar-refractivity contribution in [3.8, 4) is 0 Å². The van der Waals surface area contributed by atoms with E-state index < -0.39 is 7.12 Å². The lowest BCUT2D eigenvalue weighted by molar-refractivity contribution is 0.0619. The number of aromatic nitrogens is 1. The highest BCUT2D eigenvalue weighted by Crippen LogP contribution is 2.28. The normalized spacial score (nSPS) is 26.4. The Bertz CT molecular complexity index is 743. The fraction of sp³-hybridized carbons (Fsp3) is 0.467. The van der Waals surface area contributed by atoms with Gasteiger partial charge in [0, 0.05) is 18.0 Å². The van der Waals surface area contributed by atoms with Crippen molar-refractivity contribution in [3.63, 3.8) is 0 Å². The maximum absolute atomic E-state index is 12.6. The van der Waals surface area contributed by atoms with E-state index in [1.165, 1.54) is 11.5 Å². The van der Waals surface area contributed by atoms with Crippen molar-refractivity contribution in [2.75, 3.05) is 19.6 Å². The molecule has 1 amide bonds. The fourth-order valence-electron chi connectivity index (χ4n) is 3.65. The molecule has 0 radical (unpaired) electrons. The minimum atomic E-state index is -1.54. The van der Waals surface area contributed by atoms with Crippen LogP contribution in [-0.2, 0) is 0 Å². The highest BCUT2D eigenvalue weighted by Gasteiger charge is 2.35. The van der Waals surface area contributed by atoms with Gasteiger partial charge < -0.3 is 20.3 Å². The molecule has 2 aromatic rings. The van der Waals surface area contributed by atoms with Crippen LogP contribution in [0, 0.1) is 5.92 Å². The van der Waals surface area contributed by atoms with Crippen LogP contribution in [0.3, 0.4) is 0 Å². The monoisotopic (exact) mass is 331 g/mol. The van der Waals surface area contributed by atoms with Crippen LogP contribution in [-0.4, -0.2) is 58.0 Å². The van der Waals surface area contributed by atoms with Crippen molar-refractivity contribution in [2.45, 2.75) is 18.9 Å². The Hall–Kier alpha value is -1.48. The van der Waals surface area contributed by atoms with Gasteiger partial charge in [-0.3, -0.25) is 4.79 Å². The van der Waals surface area contributed by atoms with E-state index in [9.17, 15) is 14.8 Å². The van der Waals surface area contributed by atoms with E-state index in [0.29, 0.717) is 22.5 Å². The Morgan fingerprint density at radius 3 is 2.78 bits per heavy atom. The van der Waals surface area contributed by atoms with Gasteiger partial charge in [-0.05, 0) is 54.9 Å². The molecule has 3 aliphatic heterocycles. The van der Waals surface area contributed by atoms with Gasteiger partial charge in [0.1, 0.15) is 5.69 Å². The third kappa shape index (κ3) is 2.76. The van der Waals surface area contributed by atoms with Gasteiger partial charge in [-0.25, -0.2) is 0 Å². The molecule has 0 unspecified atom stereocenters. The lowest BCUT2D eigenvalue weighted by atomic mass is 9.80. The van der Waals surface area contributed by atoms with E-state index in [1.807, 2.05) is 0 Å². The minimum absolute atomic E-state index is 0.167. The topological polar surface area (TPSA) is 85.7 Å². The lowest BCUT2D eigenvalue weighted by Gasteiger charge is -2.44. The number of hydrogen-bond acceptors (Lipinski definition) is 6. The first-order valence-corrected chi connectivity index (χ1v) is 8.68. The van der Waals surface area contributed by atoms with Gasteiger partial charge in [-0.2, -0.15) is 4.37 Å². The van der Waals surface area contributed by atoms with Crippen molar-refractivity contribution in [3.05, 3.63) is 23.9 Å². The SMILES string of the molecule is O=C(N[C@@H]1CN2CCC1CC2)c1nsc2ccc(B(O)O)cc12. The number of carbonyl (C=O) groups excluding carboxylic acids is 1. The molecule has 3 N–H and O–H groups in total. The molecular weight excluding hydrogens is 313 g/mol. The van der Waals surface area contributed by atoms with Crippen LogP contribution in [0.1, 0.15) is 23.3 Å². The molecule has 3 aliphatic rings. The number of benzene rings is 1. The molecule has 8 heteroatoms. The number of nitrogens with zero attached hydrogens (tertiary/aromatic N) is 2. The van der Waals surface area contributed by atoms with Crippen molar-refractivity contribution in [2.24, 2.45) is 5.92 Å². The smallest absolute Gasteiger partial charge is 0.423 e. The predicted molar refractivity (Wildman–Crippen MR) is 89.9 cm³/mol. The molecule has 2 bridgehead atoms. The Morgan fingerprint density at radius 2 is 2.13 bits per heavy atom. The highest BCUT2D eigenvalue weighted by molar-refractivity contribution is 7.13. The zero-order valence-corrected chi connectivity index (χ0v) is 13.4. The quantitative estimate of drug-likeness (QED) is 0.679. The molecule has 1 aromatic heterocycles. The molecule has 6 nitrogen and oxygen atoms in total. The van der Waals surface area contributed by atoms with Gasteiger partial charge >= 0.3 is 7.12 Å². The maximum atomic E-state index is 12.6. The van der Waals surface area contributed by atoms with Crippen LogP contribution >= 0.6 is 11.5 Å². The zero-order chi connectivity index (χ0) is 16.0. The summed E-state index contributed by atoms with van der Waals surface area (Å²) in [6.45, 7) is 3.18. The summed E-state index contributed by atoms with van der Waals surface area (Å²) < 4.78 is 5.14. The second-order valence-electron chi connectivity index (χ2n) is 6.38. The van der Waals surface area contributed by atoms with Crippen molar-refractivity contribution in [1.29, 1.82) is 0 Å². The first-order valence-electron chi connectivity index (χ1n) is 7.90. The number of piperidine rings is 3. The van der Waals surface area contributed by atoms with Gasteiger partial charge in [-0.1, -0.05) is 12.1 Å². The van der Waals surface area contributed by atoms with Crippen LogP contribution < -0.4 is 10.8 Å². The van der Waals surface area contributed by atoms with E-state index in [2.05, 4.69) is 14.6 Å². The summed E-state index contributed by atoms with van der Waals surface area (Å²) >= 11 is 1.26. The van der Waals surface area contributed by atoms with E-state index in [0.717, 1.165) is 37.2 Å². The molecule has 1 aromatic carbocycles. The molecule has 3 fully saturated rings. The van der Waals surface area contributed by atoms with Crippen molar-refractivity contribution < 1.29 is 14.8 Å². The number of rotatable bonds is 3. The van der Waals surface area contributed by atoms with Crippen LogP contribution in [0.4, 0.5) is 0 Å². The number of fused-ring (bicyclic) bond motifs is 4. The molecule has 0 aliphatic carbocycles. The van der Waals surface area contributed by atoms with Gasteiger partial charge in [0.25, 0.3) is 5.91 Å². The van der Waals surface area contributed by atoms with Crippen molar-refractivity contribution >= 4 is 40.1 Å². The average molecular weight is 331 g/mol. The Kier molecular flexibility index (Phi) is 3.84. The zero-order valence-electron chi connectivity index (χ0n) is 12.6. The largest absolute Gasteiger partial charge is 0.488 e. The van der Waals surface area contributed by atoms with Crippen LogP contribution in [0.15, 0.2) is 18.2 Å². The molecule has 4 heterocycles. The molecule has 120 valence electrons. The summed E-state index contributed by atoms with van der Waals surface area (Å²) in [7, 11) is -1.54. The Labute approximate surface area is 138 Å². The molecule has 5 rings (SSSR count). The molecule has 1 atom stereocenters. The summed E-state index contributed by atoms with van der Waals surface area (Å²) in [5, 5.41) is 22.4. The van der Waals surface area contributed by atoms with Gasteiger partial charge in [0.2, 0.25) is 0 Å². The fourth-order valence-corrected chi connectivity index (χ4v) is 4.40. The average Bonchev–Trinajstić information content (AvgIpc) is 2.99. The third-order valence-corrected chi connectivity index (χ3v) is 5.81. The minimum Gasteiger partial charge on any atom is -0.423 e. The number of nitrogens with one attached hydrogen (secondary N) is 1. The molecule has 0 saturated carbocycles. The van der Waals surface area contributed by atoms with Gasteiger partial charge in [0.15, 0.2) is 0 Å². The highest BCUT2D eigenvalue weighted by atomic mass is 32.1. The van der Waals surface area contributed by atoms with E-state index in [4.69, 9.17) is 0 Å². The molecule has 23 heavy (non-hydrogen) atoms. The third-order valence-electron chi connectivity index (χ3n) is 4.98. The summed E-state index contributed by atoms with van der Waals surface area (Å²) in [5.41, 5.74) is 0.749. The molecule has 0 spiro atoms.